The van der Waals surface area contributed by atoms with Crippen molar-refractivity contribution in [1.82, 2.24) is 10.2 Å². The predicted octanol–water partition coefficient (Wildman–Crippen LogP) is 3.43. The molecule has 19 heavy (non-hydrogen) atoms. The molecule has 0 saturated heterocycles. The fourth-order valence-corrected chi connectivity index (χ4v) is 2.30. The molecule has 1 N–H and O–H groups in total. The smallest absolute Gasteiger partial charge is 0.134 e. The van der Waals surface area contributed by atoms with Crippen LogP contribution in [0.2, 0.25) is 0 Å². The molecular weight excluding hydrogens is 236 g/mol. The Hall–Kier alpha value is -1.32. The molecule has 3 heteroatoms. The van der Waals surface area contributed by atoms with Gasteiger partial charge in [0.05, 0.1) is 6.04 Å². The molecule has 1 unspecified atom stereocenters. The van der Waals surface area contributed by atoms with Gasteiger partial charge in [-0.25, -0.2) is 0 Å². The van der Waals surface area contributed by atoms with E-state index < -0.39 is 0 Å². The van der Waals surface area contributed by atoms with Gasteiger partial charge in [0, 0.05) is 18.5 Å². The van der Waals surface area contributed by atoms with Gasteiger partial charge in [0.15, 0.2) is 0 Å². The van der Waals surface area contributed by atoms with Crippen LogP contribution in [0.5, 0.6) is 0 Å². The van der Waals surface area contributed by atoms with Gasteiger partial charge in [0.1, 0.15) is 11.3 Å². The topological polar surface area (TPSA) is 28.4 Å². The summed E-state index contributed by atoms with van der Waals surface area (Å²) in [5, 5.41) is 4.70. The summed E-state index contributed by atoms with van der Waals surface area (Å²) in [5.41, 5.74) is 0.967. The molecular formula is C16H24N2O. The highest BCUT2D eigenvalue weighted by atomic mass is 16.3. The van der Waals surface area contributed by atoms with Crippen molar-refractivity contribution in [1.29, 1.82) is 0 Å². The van der Waals surface area contributed by atoms with Crippen LogP contribution < -0.4 is 5.32 Å². The number of nitrogens with zero attached hydrogens (tertiary/aromatic N) is 1. The molecule has 1 heterocycles. The molecule has 0 fully saturated rings. The number of hydrogen-bond donors (Lipinski definition) is 1. The maximum atomic E-state index is 5.86. The molecule has 2 rings (SSSR count). The van der Waals surface area contributed by atoms with E-state index in [-0.39, 0.29) is 6.04 Å². The molecule has 1 aromatic carbocycles. The Bertz CT molecular complexity index is 469. The summed E-state index contributed by atoms with van der Waals surface area (Å²) in [6, 6.07) is 10.5. The van der Waals surface area contributed by atoms with E-state index in [1.54, 1.807) is 0 Å². The summed E-state index contributed by atoms with van der Waals surface area (Å²) < 4.78 is 5.86. The van der Waals surface area contributed by atoms with Gasteiger partial charge in [-0.05, 0) is 32.1 Å². The highest BCUT2D eigenvalue weighted by Crippen LogP contribution is 2.23. The van der Waals surface area contributed by atoms with Gasteiger partial charge in [-0.2, -0.15) is 0 Å². The van der Waals surface area contributed by atoms with Crippen molar-refractivity contribution in [3.8, 4) is 0 Å². The molecule has 0 amide bonds. The third-order valence-corrected chi connectivity index (χ3v) is 3.64. The lowest BCUT2D eigenvalue weighted by Crippen LogP contribution is -2.32. The number of hydrogen-bond acceptors (Lipinski definition) is 3. The Morgan fingerprint density at radius 2 is 1.95 bits per heavy atom. The monoisotopic (exact) mass is 260 g/mol. The van der Waals surface area contributed by atoms with Crippen molar-refractivity contribution >= 4 is 11.0 Å². The quantitative estimate of drug-likeness (QED) is 0.827. The third kappa shape index (κ3) is 3.58. The first-order valence-electron chi connectivity index (χ1n) is 7.18. The van der Waals surface area contributed by atoms with Crippen LogP contribution in [0.4, 0.5) is 0 Å². The maximum Gasteiger partial charge on any atom is 0.134 e. The van der Waals surface area contributed by atoms with Gasteiger partial charge in [0.2, 0.25) is 0 Å². The van der Waals surface area contributed by atoms with E-state index in [1.165, 1.54) is 5.39 Å². The van der Waals surface area contributed by atoms with Crippen molar-refractivity contribution in [3.63, 3.8) is 0 Å². The van der Waals surface area contributed by atoms with Gasteiger partial charge < -0.3 is 14.6 Å². The van der Waals surface area contributed by atoms with Crippen LogP contribution in [0.3, 0.4) is 0 Å². The minimum Gasteiger partial charge on any atom is -0.459 e. The second-order valence-corrected chi connectivity index (χ2v) is 4.89. The second-order valence-electron chi connectivity index (χ2n) is 4.89. The Kier molecular flexibility index (Phi) is 5.00. The maximum absolute atomic E-state index is 5.86. The Labute approximate surface area is 115 Å². The largest absolute Gasteiger partial charge is 0.459 e. The van der Waals surface area contributed by atoms with Crippen molar-refractivity contribution in [2.24, 2.45) is 0 Å². The van der Waals surface area contributed by atoms with Gasteiger partial charge in [-0.3, -0.25) is 0 Å². The van der Waals surface area contributed by atoms with Crippen molar-refractivity contribution < 1.29 is 4.42 Å². The number of furan rings is 1. The predicted molar refractivity (Wildman–Crippen MR) is 80.4 cm³/mol. The Morgan fingerprint density at radius 3 is 2.63 bits per heavy atom. The molecule has 0 aliphatic carbocycles. The van der Waals surface area contributed by atoms with Crippen LogP contribution in [0.15, 0.2) is 34.7 Å². The first-order chi connectivity index (χ1) is 9.24. The third-order valence-electron chi connectivity index (χ3n) is 3.64. The molecule has 0 spiro atoms. The summed E-state index contributed by atoms with van der Waals surface area (Å²) in [6.07, 6.45) is 0. The van der Waals surface area contributed by atoms with Crippen LogP contribution in [-0.2, 0) is 0 Å². The SMILES string of the molecule is CCN(CC)CCNC(C)c1cc2ccccc2o1. The zero-order chi connectivity index (χ0) is 13.7. The minimum absolute atomic E-state index is 0.253. The van der Waals surface area contributed by atoms with E-state index in [2.05, 4.69) is 43.1 Å². The number of nitrogens with one attached hydrogen (secondary N) is 1. The summed E-state index contributed by atoms with van der Waals surface area (Å²) in [5.74, 6) is 1.01. The Morgan fingerprint density at radius 1 is 1.21 bits per heavy atom. The van der Waals surface area contributed by atoms with E-state index in [4.69, 9.17) is 4.42 Å². The van der Waals surface area contributed by atoms with E-state index in [0.29, 0.717) is 0 Å². The van der Waals surface area contributed by atoms with E-state index >= 15 is 0 Å². The number of likely N-dealkylation sites (N-methyl/N-ethyl adjacent to an activating group) is 1. The van der Waals surface area contributed by atoms with Gasteiger partial charge in [0.25, 0.3) is 0 Å². The van der Waals surface area contributed by atoms with Crippen LogP contribution >= 0.6 is 0 Å². The highest BCUT2D eigenvalue weighted by molar-refractivity contribution is 5.77. The van der Waals surface area contributed by atoms with Crippen LogP contribution in [0, 0.1) is 0 Å². The average molecular weight is 260 g/mol. The molecule has 0 aliphatic heterocycles. The lowest BCUT2D eigenvalue weighted by molar-refractivity contribution is 0.294. The zero-order valence-electron chi connectivity index (χ0n) is 12.1. The van der Waals surface area contributed by atoms with Gasteiger partial charge >= 0.3 is 0 Å². The second kappa shape index (κ2) is 6.73. The lowest BCUT2D eigenvalue weighted by atomic mass is 10.2. The van der Waals surface area contributed by atoms with E-state index in [0.717, 1.165) is 37.5 Å². The molecule has 1 aromatic heterocycles. The van der Waals surface area contributed by atoms with Crippen molar-refractivity contribution in [2.45, 2.75) is 26.8 Å². The summed E-state index contributed by atoms with van der Waals surface area (Å²) in [6.45, 7) is 10.8. The van der Waals surface area contributed by atoms with Gasteiger partial charge in [-0.1, -0.05) is 32.0 Å². The summed E-state index contributed by atoms with van der Waals surface area (Å²) >= 11 is 0. The fourth-order valence-electron chi connectivity index (χ4n) is 2.30. The van der Waals surface area contributed by atoms with Crippen molar-refractivity contribution in [2.75, 3.05) is 26.2 Å². The number of fused-ring (bicyclic) bond motifs is 1. The zero-order valence-corrected chi connectivity index (χ0v) is 12.1. The lowest BCUT2D eigenvalue weighted by Gasteiger charge is -2.19. The molecule has 104 valence electrons. The standard InChI is InChI=1S/C16H24N2O/c1-4-18(5-2)11-10-17-13(3)16-12-14-8-6-7-9-15(14)19-16/h6-9,12-13,17H,4-5,10-11H2,1-3H3. The number of para-hydroxylation sites is 1. The summed E-state index contributed by atoms with van der Waals surface area (Å²) in [7, 11) is 0. The molecule has 1 atom stereocenters. The van der Waals surface area contributed by atoms with Crippen LogP contribution in [0.1, 0.15) is 32.6 Å². The molecule has 0 radical (unpaired) electrons. The first-order valence-corrected chi connectivity index (χ1v) is 7.18. The molecule has 3 nitrogen and oxygen atoms in total. The van der Waals surface area contributed by atoms with Crippen LogP contribution in [0.25, 0.3) is 11.0 Å². The number of benzene rings is 1. The number of rotatable bonds is 7. The van der Waals surface area contributed by atoms with Crippen LogP contribution in [-0.4, -0.2) is 31.1 Å². The highest BCUT2D eigenvalue weighted by Gasteiger charge is 2.10. The van der Waals surface area contributed by atoms with E-state index in [1.807, 2.05) is 18.2 Å². The molecule has 0 bridgehead atoms. The summed E-state index contributed by atoms with van der Waals surface area (Å²) in [4.78, 5) is 2.42. The molecule has 0 saturated carbocycles. The minimum atomic E-state index is 0.253. The molecule has 0 aliphatic rings. The van der Waals surface area contributed by atoms with E-state index in [9.17, 15) is 0 Å². The fraction of sp³-hybridized carbons (Fsp3) is 0.500. The first kappa shape index (κ1) is 14.1. The normalized spacial score (nSPS) is 13.3. The van der Waals surface area contributed by atoms with Crippen molar-refractivity contribution in [3.05, 3.63) is 36.1 Å². The van der Waals surface area contributed by atoms with Gasteiger partial charge in [-0.15, -0.1) is 0 Å². The molecule has 2 aromatic rings. The average Bonchev–Trinajstić information content (AvgIpc) is 2.87. The Balaban J connectivity index is 1.90.